The first-order chi connectivity index (χ1) is 35.0. The Morgan fingerprint density at radius 3 is 1.21 bits per heavy atom. The van der Waals surface area contributed by atoms with E-state index in [9.17, 15) is 39.3 Å². The van der Waals surface area contributed by atoms with Crippen LogP contribution in [0.15, 0.2) is 134 Å². The minimum absolute atomic E-state index is 0.114. The van der Waals surface area contributed by atoms with Gasteiger partial charge in [-0.2, -0.15) is 10.5 Å². The smallest absolute Gasteiger partial charge is 0.349 e. The molecule has 4 atom stereocenters. The maximum absolute atomic E-state index is 13.1. The van der Waals surface area contributed by atoms with Gasteiger partial charge in [-0.25, -0.2) is 28.8 Å². The number of ether oxygens (including phenoxy) is 10. The first kappa shape index (κ1) is 52.5. The lowest BCUT2D eigenvalue weighted by molar-refractivity contribution is -0.150. The standard InChI is InChI=1S/C54H48N2O16/c1-3-47(57)65-27-7-5-25-63-41-21-13-37(14-22-41)51(59)69-43-17-9-35(10-18-43)29-39(31-55)53(61)71-45-33-67-50-46(34-68-49(45)50)72-54(62)40(32-56)30-36-11-19-44(20-12-36)70-52(60)38-15-23-42(24-16-38)64-26-6-8-28-66-48(58)4-2/h3-4,9-24,29-30,45-46,49-50H,1-2,5-8,25-28,33-34H2/b39-29+,40-30+/t45-,46-,49?,50?/m1/s1. The van der Waals surface area contributed by atoms with Gasteiger partial charge in [-0.15, -0.1) is 0 Å². The van der Waals surface area contributed by atoms with Crippen molar-refractivity contribution in [3.63, 3.8) is 0 Å². The van der Waals surface area contributed by atoms with Crippen molar-refractivity contribution < 1.29 is 76.1 Å². The Balaban J connectivity index is 0.922. The van der Waals surface area contributed by atoms with Crippen molar-refractivity contribution >= 4 is 48.0 Å². The van der Waals surface area contributed by atoms with Crippen molar-refractivity contribution in [2.24, 2.45) is 0 Å². The molecular weight excluding hydrogens is 933 g/mol. The van der Waals surface area contributed by atoms with Gasteiger partial charge in [0.1, 0.15) is 58.5 Å². The monoisotopic (exact) mass is 980 g/mol. The number of carbonyl (C=O) groups excluding carboxylic acids is 6. The van der Waals surface area contributed by atoms with Gasteiger partial charge >= 0.3 is 35.8 Å². The van der Waals surface area contributed by atoms with Crippen molar-refractivity contribution in [2.75, 3.05) is 39.6 Å². The summed E-state index contributed by atoms with van der Waals surface area (Å²) in [7, 11) is 0. The molecule has 2 unspecified atom stereocenters. The molecule has 370 valence electrons. The highest BCUT2D eigenvalue weighted by molar-refractivity contribution is 5.99. The number of rotatable bonds is 24. The largest absolute Gasteiger partial charge is 0.494 e. The van der Waals surface area contributed by atoms with Gasteiger partial charge in [0.25, 0.3) is 0 Å². The van der Waals surface area contributed by atoms with Gasteiger partial charge in [-0.3, -0.25) is 0 Å². The zero-order valence-electron chi connectivity index (χ0n) is 38.8. The molecule has 0 N–H and O–H groups in total. The number of fused-ring (bicyclic) bond motifs is 1. The summed E-state index contributed by atoms with van der Waals surface area (Å²) in [6, 6.07) is 28.6. The van der Waals surface area contributed by atoms with Gasteiger partial charge in [-0.05, 0) is 122 Å². The predicted octanol–water partition coefficient (Wildman–Crippen LogP) is 7.04. The van der Waals surface area contributed by atoms with Crippen LogP contribution < -0.4 is 18.9 Å². The first-order valence-corrected chi connectivity index (χ1v) is 22.5. The van der Waals surface area contributed by atoms with Crippen LogP contribution in [0.2, 0.25) is 0 Å². The Kier molecular flexibility index (Phi) is 19.5. The van der Waals surface area contributed by atoms with E-state index < -0.39 is 60.2 Å². The third kappa shape index (κ3) is 15.6. The molecule has 0 amide bonds. The maximum Gasteiger partial charge on any atom is 0.349 e. The molecular formula is C54H48N2O16. The third-order valence-electron chi connectivity index (χ3n) is 10.6. The van der Waals surface area contributed by atoms with Crippen LogP contribution in [0.3, 0.4) is 0 Å². The molecule has 18 nitrogen and oxygen atoms in total. The number of unbranched alkanes of at least 4 members (excludes halogenated alkanes) is 2. The molecule has 0 saturated carbocycles. The number of nitriles is 2. The van der Waals surface area contributed by atoms with Gasteiger partial charge in [0.15, 0.2) is 12.2 Å². The number of nitrogens with zero attached hydrogens (tertiary/aromatic N) is 2. The first-order valence-electron chi connectivity index (χ1n) is 22.5. The van der Waals surface area contributed by atoms with Crippen LogP contribution >= 0.6 is 0 Å². The number of benzene rings is 4. The molecule has 2 saturated heterocycles. The molecule has 0 spiro atoms. The van der Waals surface area contributed by atoms with Crippen LogP contribution in [0.25, 0.3) is 12.2 Å². The zero-order valence-corrected chi connectivity index (χ0v) is 38.8. The van der Waals surface area contributed by atoms with Gasteiger partial charge < -0.3 is 47.4 Å². The van der Waals surface area contributed by atoms with Crippen LogP contribution in [-0.4, -0.2) is 99.9 Å². The normalized spacial score (nSPS) is 16.9. The lowest BCUT2D eigenvalue weighted by Crippen LogP contribution is -2.36. The van der Waals surface area contributed by atoms with E-state index in [0.29, 0.717) is 61.5 Å². The summed E-state index contributed by atoms with van der Waals surface area (Å²) in [6.45, 7) is 7.76. The molecule has 0 aliphatic carbocycles. The van der Waals surface area contributed by atoms with E-state index in [-0.39, 0.29) is 60.2 Å². The number of hydrogen-bond donors (Lipinski definition) is 0. The zero-order chi connectivity index (χ0) is 51.2. The average Bonchev–Trinajstić information content (AvgIpc) is 4.00. The molecule has 0 bridgehead atoms. The fourth-order valence-corrected chi connectivity index (χ4v) is 6.86. The molecule has 6 rings (SSSR count). The van der Waals surface area contributed by atoms with E-state index >= 15 is 0 Å². The van der Waals surface area contributed by atoms with Gasteiger partial charge in [-0.1, -0.05) is 37.4 Å². The Bertz CT molecular complexity index is 2540. The highest BCUT2D eigenvalue weighted by Gasteiger charge is 2.51. The number of esters is 6. The molecule has 4 aromatic rings. The Morgan fingerprint density at radius 2 is 0.861 bits per heavy atom. The van der Waals surface area contributed by atoms with Crippen LogP contribution in [0, 0.1) is 22.7 Å². The van der Waals surface area contributed by atoms with E-state index in [0.717, 1.165) is 12.2 Å². The van der Waals surface area contributed by atoms with Crippen molar-refractivity contribution in [3.05, 3.63) is 156 Å². The van der Waals surface area contributed by atoms with E-state index in [1.54, 1.807) is 72.8 Å². The SMILES string of the molecule is C=CC(=O)OCCCCOc1ccc(C(=O)Oc2ccc(/C=C(\C#N)C(=O)O[C@@H]3COC4C3OC[C@H]4OC(=O)/C(C#N)=C/c3ccc(OC(=O)c4ccc(OCCCCOC(=O)C=C)cc4)cc3)cc2)cc1. The van der Waals surface area contributed by atoms with Crippen LogP contribution in [-0.2, 0) is 47.6 Å². The predicted molar refractivity (Wildman–Crippen MR) is 254 cm³/mol. The van der Waals surface area contributed by atoms with Gasteiger partial charge in [0, 0.05) is 12.2 Å². The van der Waals surface area contributed by atoms with Crippen molar-refractivity contribution in [1.82, 2.24) is 0 Å². The minimum atomic E-state index is -0.946. The molecule has 4 aromatic carbocycles. The highest BCUT2D eigenvalue weighted by Crippen LogP contribution is 2.32. The molecule has 72 heavy (non-hydrogen) atoms. The molecule has 18 heteroatoms. The molecule has 2 aliphatic rings. The van der Waals surface area contributed by atoms with Crippen molar-refractivity contribution in [2.45, 2.75) is 50.1 Å². The summed E-state index contributed by atoms with van der Waals surface area (Å²) in [5, 5.41) is 19.6. The fourth-order valence-electron chi connectivity index (χ4n) is 6.86. The molecule has 0 radical (unpaired) electrons. The van der Waals surface area contributed by atoms with Crippen molar-refractivity contribution in [1.29, 1.82) is 10.5 Å². The summed E-state index contributed by atoms with van der Waals surface area (Å²) in [5.74, 6) is -2.55. The molecule has 2 aliphatic heterocycles. The maximum atomic E-state index is 13.1. The lowest BCUT2D eigenvalue weighted by Gasteiger charge is -2.17. The van der Waals surface area contributed by atoms with Crippen LogP contribution in [0.5, 0.6) is 23.0 Å². The Hall–Kier alpha value is -8.84. The number of carbonyl (C=O) groups is 6. The summed E-state index contributed by atoms with van der Waals surface area (Å²) < 4.78 is 54.9. The summed E-state index contributed by atoms with van der Waals surface area (Å²) >= 11 is 0. The minimum Gasteiger partial charge on any atom is -0.494 e. The average molecular weight is 981 g/mol. The summed E-state index contributed by atoms with van der Waals surface area (Å²) in [5.41, 5.74) is 0.780. The lowest BCUT2D eigenvalue weighted by atomic mass is 10.1. The number of hydrogen-bond acceptors (Lipinski definition) is 18. The van der Waals surface area contributed by atoms with Gasteiger partial charge in [0.2, 0.25) is 0 Å². The fraction of sp³-hybridized carbons (Fsp3) is 0.259. The highest BCUT2D eigenvalue weighted by atomic mass is 16.7. The molecule has 2 heterocycles. The van der Waals surface area contributed by atoms with Gasteiger partial charge in [0.05, 0.1) is 50.8 Å². The second-order valence-electron chi connectivity index (χ2n) is 15.6. The topological polar surface area (TPSA) is 242 Å². The van der Waals surface area contributed by atoms with Crippen molar-refractivity contribution in [3.8, 4) is 35.1 Å². The quantitative estimate of drug-likeness (QED) is 0.0171. The van der Waals surface area contributed by atoms with Crippen LogP contribution in [0.1, 0.15) is 57.5 Å². The van der Waals surface area contributed by atoms with E-state index in [1.807, 2.05) is 12.1 Å². The van der Waals surface area contributed by atoms with E-state index in [2.05, 4.69) is 13.2 Å². The van der Waals surface area contributed by atoms with E-state index in [1.165, 1.54) is 36.4 Å². The Morgan fingerprint density at radius 1 is 0.514 bits per heavy atom. The Labute approximate surface area is 414 Å². The molecule has 0 aromatic heterocycles. The van der Waals surface area contributed by atoms with Crippen LogP contribution in [0.4, 0.5) is 0 Å². The second-order valence-corrected chi connectivity index (χ2v) is 15.6. The summed E-state index contributed by atoms with van der Waals surface area (Å²) in [4.78, 5) is 74.0. The second kappa shape index (κ2) is 26.8. The summed E-state index contributed by atoms with van der Waals surface area (Å²) in [6.07, 6.45) is 3.82. The van der Waals surface area contributed by atoms with E-state index in [4.69, 9.17) is 47.4 Å². The third-order valence-corrected chi connectivity index (χ3v) is 10.6. The molecule has 2 fully saturated rings.